The van der Waals surface area contributed by atoms with Crippen LogP contribution in [0.4, 0.5) is 5.69 Å². The van der Waals surface area contributed by atoms with Crippen molar-refractivity contribution in [1.82, 2.24) is 0 Å². The summed E-state index contributed by atoms with van der Waals surface area (Å²) in [6.07, 6.45) is 0. The highest BCUT2D eigenvalue weighted by atomic mass is 16.1. The minimum absolute atomic E-state index is 0.0861. The molecule has 3 heteroatoms. The van der Waals surface area contributed by atoms with Gasteiger partial charge in [0.2, 0.25) is 0 Å². The summed E-state index contributed by atoms with van der Waals surface area (Å²) >= 11 is 0. The van der Waals surface area contributed by atoms with Crippen LogP contribution in [0.5, 0.6) is 0 Å². The maximum atomic E-state index is 12.3. The predicted molar refractivity (Wildman–Crippen MR) is 70.6 cm³/mol. The van der Waals surface area contributed by atoms with Crippen molar-refractivity contribution < 1.29 is 4.79 Å². The summed E-state index contributed by atoms with van der Waals surface area (Å²) in [6, 6.07) is 16.1. The zero-order chi connectivity index (χ0) is 13.0. The van der Waals surface area contributed by atoms with E-state index in [1.165, 1.54) is 0 Å². The fourth-order valence-electron chi connectivity index (χ4n) is 1.76. The molecule has 0 amide bonds. The Morgan fingerprint density at radius 2 is 1.89 bits per heavy atom. The minimum Gasteiger partial charge on any atom is -0.388 e. The lowest BCUT2D eigenvalue weighted by atomic mass is 10.00. The molecule has 0 spiro atoms. The van der Waals surface area contributed by atoms with E-state index in [4.69, 9.17) is 5.26 Å². The maximum absolute atomic E-state index is 12.3. The summed E-state index contributed by atoms with van der Waals surface area (Å²) in [6.45, 7) is 0. The normalized spacial score (nSPS) is 9.56. The minimum atomic E-state index is -0.0861. The highest BCUT2D eigenvalue weighted by Crippen LogP contribution is 2.20. The maximum Gasteiger partial charge on any atom is 0.195 e. The lowest BCUT2D eigenvalue weighted by Crippen LogP contribution is -2.05. The van der Waals surface area contributed by atoms with Crippen LogP contribution in [0, 0.1) is 11.3 Å². The molecule has 0 aliphatic carbocycles. The zero-order valence-electron chi connectivity index (χ0n) is 9.97. The lowest BCUT2D eigenvalue weighted by Gasteiger charge is -2.08. The second kappa shape index (κ2) is 5.15. The summed E-state index contributed by atoms with van der Waals surface area (Å²) in [7, 11) is 1.75. The van der Waals surface area contributed by atoms with E-state index in [-0.39, 0.29) is 5.78 Å². The molecule has 0 fully saturated rings. The fourth-order valence-corrected chi connectivity index (χ4v) is 1.76. The van der Waals surface area contributed by atoms with Gasteiger partial charge in [-0.3, -0.25) is 4.79 Å². The molecule has 2 aromatic carbocycles. The van der Waals surface area contributed by atoms with E-state index in [1.54, 1.807) is 37.4 Å². The molecule has 0 unspecified atom stereocenters. The Morgan fingerprint density at radius 3 is 2.50 bits per heavy atom. The summed E-state index contributed by atoms with van der Waals surface area (Å²) in [5.41, 5.74) is 2.34. The Bertz CT molecular complexity index is 612. The molecule has 0 saturated carbocycles. The number of hydrogen-bond donors (Lipinski definition) is 1. The molecule has 0 aliphatic rings. The number of nitriles is 1. The molecule has 0 bridgehead atoms. The third-order valence-electron chi connectivity index (χ3n) is 2.70. The second-order valence-corrected chi connectivity index (χ2v) is 3.82. The van der Waals surface area contributed by atoms with E-state index in [2.05, 4.69) is 5.32 Å². The molecule has 0 aromatic heterocycles. The van der Waals surface area contributed by atoms with Gasteiger partial charge in [-0.25, -0.2) is 0 Å². The van der Waals surface area contributed by atoms with Gasteiger partial charge in [0.05, 0.1) is 11.6 Å². The van der Waals surface area contributed by atoms with Gasteiger partial charge in [-0.15, -0.1) is 0 Å². The van der Waals surface area contributed by atoms with E-state index in [0.29, 0.717) is 16.7 Å². The Labute approximate surface area is 106 Å². The van der Waals surface area contributed by atoms with Gasteiger partial charge in [0, 0.05) is 23.9 Å². The van der Waals surface area contributed by atoms with Gasteiger partial charge in [-0.1, -0.05) is 30.3 Å². The molecule has 0 aliphatic heterocycles. The number of carbonyl (C=O) groups excluding carboxylic acids is 1. The molecule has 3 nitrogen and oxygen atoms in total. The van der Waals surface area contributed by atoms with Crippen LogP contribution in [0.3, 0.4) is 0 Å². The third-order valence-corrected chi connectivity index (χ3v) is 2.70. The molecule has 0 heterocycles. The molecule has 0 atom stereocenters. The molecule has 1 N–H and O–H groups in total. The van der Waals surface area contributed by atoms with E-state index in [1.807, 2.05) is 24.3 Å². The van der Waals surface area contributed by atoms with Crippen LogP contribution >= 0.6 is 0 Å². The lowest BCUT2D eigenvalue weighted by molar-refractivity contribution is 0.103. The van der Waals surface area contributed by atoms with Gasteiger partial charge >= 0.3 is 0 Å². The van der Waals surface area contributed by atoms with Crippen molar-refractivity contribution in [1.29, 1.82) is 5.26 Å². The van der Waals surface area contributed by atoms with Crippen LogP contribution in [-0.2, 0) is 0 Å². The van der Waals surface area contributed by atoms with Crippen molar-refractivity contribution in [3.63, 3.8) is 0 Å². The van der Waals surface area contributed by atoms with Crippen LogP contribution < -0.4 is 5.32 Å². The largest absolute Gasteiger partial charge is 0.388 e. The van der Waals surface area contributed by atoms with Gasteiger partial charge in [0.15, 0.2) is 5.78 Å². The summed E-state index contributed by atoms with van der Waals surface area (Å²) < 4.78 is 0. The van der Waals surface area contributed by atoms with Gasteiger partial charge in [-0.05, 0) is 18.2 Å². The number of carbonyl (C=O) groups is 1. The molecular formula is C15H12N2O. The highest BCUT2D eigenvalue weighted by Gasteiger charge is 2.13. The first-order valence-electron chi connectivity index (χ1n) is 5.58. The summed E-state index contributed by atoms with van der Waals surface area (Å²) in [4.78, 5) is 12.3. The average molecular weight is 236 g/mol. The topological polar surface area (TPSA) is 52.9 Å². The Hall–Kier alpha value is -2.60. The van der Waals surface area contributed by atoms with E-state index in [0.717, 1.165) is 5.69 Å². The van der Waals surface area contributed by atoms with Crippen LogP contribution in [-0.4, -0.2) is 12.8 Å². The molecule has 0 radical (unpaired) electrons. The molecule has 2 aromatic rings. The smallest absolute Gasteiger partial charge is 0.195 e. The van der Waals surface area contributed by atoms with Crippen LogP contribution in [0.2, 0.25) is 0 Å². The molecule has 88 valence electrons. The number of rotatable bonds is 3. The Kier molecular flexibility index (Phi) is 3.40. The fraction of sp³-hybridized carbons (Fsp3) is 0.0667. The van der Waals surface area contributed by atoms with Crippen LogP contribution in [0.15, 0.2) is 48.5 Å². The first-order valence-corrected chi connectivity index (χ1v) is 5.58. The number of anilines is 1. The van der Waals surface area contributed by atoms with Crippen molar-refractivity contribution in [2.75, 3.05) is 12.4 Å². The van der Waals surface area contributed by atoms with E-state index >= 15 is 0 Å². The van der Waals surface area contributed by atoms with Crippen molar-refractivity contribution in [3.8, 4) is 6.07 Å². The van der Waals surface area contributed by atoms with Crippen molar-refractivity contribution in [2.24, 2.45) is 0 Å². The zero-order valence-corrected chi connectivity index (χ0v) is 9.97. The standard InChI is InChI=1S/C15H12N2O/c1-17-14-8-7-11(10-16)9-13(14)15(18)12-5-3-2-4-6-12/h2-9,17H,1H3. The first kappa shape index (κ1) is 11.9. The van der Waals surface area contributed by atoms with Crippen molar-refractivity contribution in [2.45, 2.75) is 0 Å². The number of nitrogens with zero attached hydrogens (tertiary/aromatic N) is 1. The molecular weight excluding hydrogens is 224 g/mol. The number of ketones is 1. The second-order valence-electron chi connectivity index (χ2n) is 3.82. The number of nitrogens with one attached hydrogen (secondary N) is 1. The number of benzene rings is 2. The van der Waals surface area contributed by atoms with E-state index in [9.17, 15) is 4.79 Å². The SMILES string of the molecule is CNc1ccc(C#N)cc1C(=O)c1ccccc1. The summed E-state index contributed by atoms with van der Waals surface area (Å²) in [5, 5.41) is 11.9. The van der Waals surface area contributed by atoms with Gasteiger partial charge in [-0.2, -0.15) is 5.26 Å². The third kappa shape index (κ3) is 2.23. The Balaban J connectivity index is 2.50. The monoisotopic (exact) mass is 236 g/mol. The molecule has 0 saturated heterocycles. The Morgan fingerprint density at radius 1 is 1.17 bits per heavy atom. The molecule has 18 heavy (non-hydrogen) atoms. The average Bonchev–Trinajstić information content (AvgIpc) is 2.46. The van der Waals surface area contributed by atoms with Crippen LogP contribution in [0.25, 0.3) is 0 Å². The van der Waals surface area contributed by atoms with Gasteiger partial charge in [0.25, 0.3) is 0 Å². The quantitative estimate of drug-likeness (QED) is 0.834. The first-order chi connectivity index (χ1) is 8.76. The van der Waals surface area contributed by atoms with Crippen LogP contribution in [0.1, 0.15) is 21.5 Å². The predicted octanol–water partition coefficient (Wildman–Crippen LogP) is 2.83. The summed E-state index contributed by atoms with van der Waals surface area (Å²) in [5.74, 6) is -0.0861. The van der Waals surface area contributed by atoms with E-state index < -0.39 is 0 Å². The van der Waals surface area contributed by atoms with Crippen molar-refractivity contribution in [3.05, 3.63) is 65.2 Å². The van der Waals surface area contributed by atoms with Gasteiger partial charge < -0.3 is 5.32 Å². The number of hydrogen-bond acceptors (Lipinski definition) is 3. The molecule has 2 rings (SSSR count). The van der Waals surface area contributed by atoms with Crippen molar-refractivity contribution >= 4 is 11.5 Å². The highest BCUT2D eigenvalue weighted by molar-refractivity contribution is 6.12. The van der Waals surface area contributed by atoms with Gasteiger partial charge in [0.1, 0.15) is 0 Å².